The SMILES string of the molecule is C=NN(/C=C(\C)c1cnc2[nH]cc(-c3ccc4c(c3)OC(F)(F)O4)c2c1)C1CCN(S(C)(=O)=O)CC1. The van der Waals surface area contributed by atoms with E-state index in [1.165, 1.54) is 22.7 Å². The van der Waals surface area contributed by atoms with Crippen LogP contribution in [0.3, 0.4) is 0 Å². The van der Waals surface area contributed by atoms with E-state index in [-0.39, 0.29) is 17.5 Å². The van der Waals surface area contributed by atoms with E-state index >= 15 is 0 Å². The Labute approximate surface area is 207 Å². The van der Waals surface area contributed by atoms with E-state index in [1.54, 1.807) is 23.5 Å². The second-order valence-corrected chi connectivity index (χ2v) is 10.9. The lowest BCUT2D eigenvalue weighted by Crippen LogP contribution is -2.43. The van der Waals surface area contributed by atoms with Gasteiger partial charge in [-0.3, -0.25) is 5.01 Å². The lowest BCUT2D eigenvalue weighted by atomic mass is 10.0. The number of nitrogens with one attached hydrogen (secondary N) is 1. The Balaban J connectivity index is 1.40. The van der Waals surface area contributed by atoms with E-state index in [2.05, 4.69) is 31.3 Å². The van der Waals surface area contributed by atoms with Gasteiger partial charge in [-0.2, -0.15) is 5.10 Å². The highest BCUT2D eigenvalue weighted by atomic mass is 32.2. The first-order valence-electron chi connectivity index (χ1n) is 11.3. The lowest BCUT2D eigenvalue weighted by molar-refractivity contribution is -0.286. The number of hydrazone groups is 1. The molecule has 2 aliphatic heterocycles. The van der Waals surface area contributed by atoms with Gasteiger partial charge in [0.25, 0.3) is 0 Å². The third-order valence-electron chi connectivity index (χ3n) is 6.45. The minimum Gasteiger partial charge on any atom is -0.395 e. The van der Waals surface area contributed by atoms with Gasteiger partial charge in [-0.1, -0.05) is 6.07 Å². The normalized spacial score (nSPS) is 18.5. The van der Waals surface area contributed by atoms with E-state index in [9.17, 15) is 17.2 Å². The zero-order chi connectivity index (χ0) is 25.7. The zero-order valence-electron chi connectivity index (χ0n) is 19.7. The molecule has 190 valence electrons. The number of hydrogen-bond donors (Lipinski definition) is 1. The predicted octanol–water partition coefficient (Wildman–Crippen LogP) is 4.25. The van der Waals surface area contributed by atoms with Gasteiger partial charge < -0.3 is 14.5 Å². The number of halogens is 2. The molecule has 0 atom stereocenters. The number of pyridine rings is 1. The van der Waals surface area contributed by atoms with Crippen molar-refractivity contribution in [1.82, 2.24) is 19.3 Å². The second kappa shape index (κ2) is 8.86. The van der Waals surface area contributed by atoms with Crippen molar-refractivity contribution in [1.29, 1.82) is 0 Å². The summed E-state index contributed by atoms with van der Waals surface area (Å²) in [5, 5.41) is 6.74. The summed E-state index contributed by atoms with van der Waals surface area (Å²) in [6.45, 7) is 6.49. The van der Waals surface area contributed by atoms with E-state index in [0.29, 0.717) is 37.1 Å². The highest BCUT2D eigenvalue weighted by Crippen LogP contribution is 2.43. The van der Waals surface area contributed by atoms with E-state index < -0.39 is 16.3 Å². The third-order valence-corrected chi connectivity index (χ3v) is 7.76. The highest BCUT2D eigenvalue weighted by molar-refractivity contribution is 7.88. The number of sulfonamides is 1. The fourth-order valence-corrected chi connectivity index (χ4v) is 5.42. The molecule has 0 aliphatic carbocycles. The Morgan fingerprint density at radius 3 is 2.69 bits per heavy atom. The van der Waals surface area contributed by atoms with Crippen LogP contribution in [0.2, 0.25) is 0 Å². The van der Waals surface area contributed by atoms with Crippen molar-refractivity contribution in [2.75, 3.05) is 19.3 Å². The van der Waals surface area contributed by atoms with Crippen LogP contribution in [0.4, 0.5) is 8.78 Å². The van der Waals surface area contributed by atoms with Crippen LogP contribution in [-0.2, 0) is 10.0 Å². The number of benzene rings is 1. The quantitative estimate of drug-likeness (QED) is 0.388. The number of fused-ring (bicyclic) bond motifs is 2. The topological polar surface area (TPSA) is 100 Å². The van der Waals surface area contributed by atoms with E-state index in [0.717, 1.165) is 22.1 Å². The first-order chi connectivity index (χ1) is 17.0. The fourth-order valence-electron chi connectivity index (χ4n) is 4.55. The smallest absolute Gasteiger partial charge is 0.395 e. The molecule has 3 aromatic rings. The molecule has 5 rings (SSSR count). The third kappa shape index (κ3) is 4.65. The molecule has 1 N–H and O–H groups in total. The van der Waals surface area contributed by atoms with Crippen LogP contribution in [0.15, 0.2) is 48.0 Å². The molecule has 0 bridgehead atoms. The minimum absolute atomic E-state index is 0.0134. The largest absolute Gasteiger partial charge is 0.586 e. The van der Waals surface area contributed by atoms with Crippen LogP contribution in [0, 0.1) is 0 Å². The molecule has 36 heavy (non-hydrogen) atoms. The van der Waals surface area contributed by atoms with Gasteiger partial charge in [0.1, 0.15) is 5.65 Å². The Morgan fingerprint density at radius 1 is 1.28 bits per heavy atom. The average Bonchev–Trinajstić information content (AvgIpc) is 3.39. The van der Waals surface area contributed by atoms with Gasteiger partial charge in [-0.25, -0.2) is 17.7 Å². The van der Waals surface area contributed by atoms with Crippen LogP contribution in [0.25, 0.3) is 27.7 Å². The maximum absolute atomic E-state index is 13.4. The molecular weight excluding hydrogens is 492 g/mol. The molecule has 2 aromatic heterocycles. The number of piperidine rings is 1. The summed E-state index contributed by atoms with van der Waals surface area (Å²) in [7, 11) is -3.21. The summed E-state index contributed by atoms with van der Waals surface area (Å²) in [6.07, 6.45) is 4.20. The lowest BCUT2D eigenvalue weighted by Gasteiger charge is -2.34. The van der Waals surface area contributed by atoms with Crippen molar-refractivity contribution in [2.45, 2.75) is 32.1 Å². The van der Waals surface area contributed by atoms with Gasteiger partial charge in [-0.15, -0.1) is 8.78 Å². The molecule has 0 amide bonds. The van der Waals surface area contributed by atoms with Crippen molar-refractivity contribution in [3.63, 3.8) is 0 Å². The van der Waals surface area contributed by atoms with Crippen molar-refractivity contribution >= 4 is 33.3 Å². The molecule has 1 fully saturated rings. The van der Waals surface area contributed by atoms with E-state index in [4.69, 9.17) is 0 Å². The summed E-state index contributed by atoms with van der Waals surface area (Å²) in [6, 6.07) is 6.65. The molecule has 2 aliphatic rings. The molecule has 1 aromatic carbocycles. The number of hydrogen-bond acceptors (Lipinski definition) is 7. The van der Waals surface area contributed by atoms with Gasteiger partial charge in [0.05, 0.1) is 12.3 Å². The molecular formula is C24H25F2N5O4S. The van der Waals surface area contributed by atoms with Gasteiger partial charge >= 0.3 is 6.29 Å². The zero-order valence-corrected chi connectivity index (χ0v) is 20.6. The minimum atomic E-state index is -3.68. The number of alkyl halides is 2. The number of aromatic amines is 1. The number of H-pyrrole nitrogens is 1. The van der Waals surface area contributed by atoms with Crippen LogP contribution >= 0.6 is 0 Å². The molecule has 1 saturated heterocycles. The van der Waals surface area contributed by atoms with Gasteiger partial charge in [-0.05, 0) is 54.7 Å². The standard InChI is InChI=1S/C24H25F2N5O4S/c1-15(14-31(27-2)18-6-8-30(9-7-18)36(3,32)33)17-10-19-20(13-29-23(19)28-12-17)16-4-5-21-22(11-16)35-24(25,26)34-21/h4-5,10-14,18H,2,6-9H2,1,3H3,(H,28,29)/b15-14+. The van der Waals surface area contributed by atoms with Gasteiger partial charge in [0, 0.05) is 49.4 Å². The molecule has 12 heteroatoms. The number of allylic oxidation sites excluding steroid dienone is 1. The van der Waals surface area contributed by atoms with Crippen molar-refractivity contribution in [3.05, 3.63) is 48.4 Å². The summed E-state index contributed by atoms with van der Waals surface area (Å²) in [5.74, 6) is -0.0396. The monoisotopic (exact) mass is 517 g/mol. The maximum Gasteiger partial charge on any atom is 0.586 e. The Kier molecular flexibility index (Phi) is 5.95. The van der Waals surface area contributed by atoms with Crippen molar-refractivity contribution < 1.29 is 26.7 Å². The van der Waals surface area contributed by atoms with E-state index in [1.807, 2.05) is 19.2 Å². The maximum atomic E-state index is 13.4. The summed E-state index contributed by atoms with van der Waals surface area (Å²) in [4.78, 5) is 7.63. The summed E-state index contributed by atoms with van der Waals surface area (Å²) in [5.41, 5.74) is 3.84. The molecule has 0 spiro atoms. The number of nitrogens with zero attached hydrogens (tertiary/aromatic N) is 4. The fraction of sp³-hybridized carbons (Fsp3) is 0.333. The van der Waals surface area contributed by atoms with Gasteiger partial charge in [0.2, 0.25) is 10.0 Å². The molecule has 0 radical (unpaired) electrons. The second-order valence-electron chi connectivity index (χ2n) is 8.88. The predicted molar refractivity (Wildman–Crippen MR) is 132 cm³/mol. The highest BCUT2D eigenvalue weighted by Gasteiger charge is 2.43. The van der Waals surface area contributed by atoms with Crippen LogP contribution < -0.4 is 9.47 Å². The van der Waals surface area contributed by atoms with Gasteiger partial charge in [0.15, 0.2) is 11.5 Å². The molecule has 9 nitrogen and oxygen atoms in total. The Hall–Kier alpha value is -3.51. The molecule has 0 unspecified atom stereocenters. The average molecular weight is 518 g/mol. The van der Waals surface area contributed by atoms with Crippen LogP contribution in [0.1, 0.15) is 25.3 Å². The summed E-state index contributed by atoms with van der Waals surface area (Å²) >= 11 is 0. The molecule has 4 heterocycles. The molecule has 0 saturated carbocycles. The first kappa shape index (κ1) is 24.2. The van der Waals surface area contributed by atoms with Crippen LogP contribution in [-0.4, -0.2) is 66.1 Å². The Bertz CT molecular complexity index is 1460. The van der Waals surface area contributed by atoms with Crippen molar-refractivity contribution in [2.24, 2.45) is 5.10 Å². The number of ether oxygens (including phenoxy) is 2. The number of rotatable bonds is 6. The van der Waals surface area contributed by atoms with Crippen LogP contribution in [0.5, 0.6) is 11.5 Å². The Morgan fingerprint density at radius 2 is 2.00 bits per heavy atom. The number of aromatic nitrogens is 2. The summed E-state index contributed by atoms with van der Waals surface area (Å²) < 4.78 is 61.0. The first-order valence-corrected chi connectivity index (χ1v) is 13.2. The van der Waals surface area contributed by atoms with Crippen molar-refractivity contribution in [3.8, 4) is 22.6 Å².